The van der Waals surface area contributed by atoms with E-state index in [0.29, 0.717) is 4.90 Å². The Labute approximate surface area is 142 Å². The van der Waals surface area contributed by atoms with Crippen molar-refractivity contribution in [3.8, 4) is 22.5 Å². The van der Waals surface area contributed by atoms with Crippen molar-refractivity contribution in [2.45, 2.75) is 18.7 Å². The van der Waals surface area contributed by atoms with Crippen LogP contribution in [0, 0.1) is 13.8 Å². The van der Waals surface area contributed by atoms with Crippen LogP contribution >= 0.6 is 0 Å². The van der Waals surface area contributed by atoms with Crippen molar-refractivity contribution in [1.29, 1.82) is 0 Å². The maximum absolute atomic E-state index is 11.6. The minimum atomic E-state index is -3.21. The van der Waals surface area contributed by atoms with Crippen molar-refractivity contribution in [3.05, 3.63) is 66.0 Å². The average Bonchev–Trinajstić information content (AvgIpc) is 2.55. The van der Waals surface area contributed by atoms with E-state index in [0.717, 1.165) is 28.2 Å². The Balaban J connectivity index is 2.13. The summed E-state index contributed by atoms with van der Waals surface area (Å²) < 4.78 is 23.3. The smallest absolute Gasteiger partial charge is 0.175 e. The van der Waals surface area contributed by atoms with Crippen LogP contribution in [0.25, 0.3) is 22.5 Å². The van der Waals surface area contributed by atoms with Gasteiger partial charge in [-0.25, -0.2) is 13.4 Å². The van der Waals surface area contributed by atoms with Gasteiger partial charge in [0, 0.05) is 23.6 Å². The van der Waals surface area contributed by atoms with Gasteiger partial charge in [0.25, 0.3) is 0 Å². The van der Waals surface area contributed by atoms with Crippen molar-refractivity contribution in [2.24, 2.45) is 0 Å². The highest BCUT2D eigenvalue weighted by Crippen LogP contribution is 2.29. The largest absolute Gasteiger partial charge is 0.252 e. The van der Waals surface area contributed by atoms with Gasteiger partial charge in [-0.2, -0.15) is 0 Å². The number of hydrogen-bond acceptors (Lipinski definition) is 4. The SMILES string of the molecule is Cc1ccc(-c2ncc(C)nc2-c2ccc(S(C)(=O)=O)cc2)cc1. The number of sulfone groups is 1. The maximum Gasteiger partial charge on any atom is 0.175 e. The second-order valence-electron chi connectivity index (χ2n) is 5.87. The summed E-state index contributed by atoms with van der Waals surface area (Å²) in [5, 5.41) is 0. The quantitative estimate of drug-likeness (QED) is 0.728. The molecule has 0 bridgehead atoms. The third kappa shape index (κ3) is 3.36. The summed E-state index contributed by atoms with van der Waals surface area (Å²) in [6.45, 7) is 3.93. The molecule has 0 aliphatic rings. The van der Waals surface area contributed by atoms with E-state index in [1.165, 1.54) is 11.8 Å². The molecule has 0 saturated heterocycles. The van der Waals surface area contributed by atoms with Crippen molar-refractivity contribution < 1.29 is 8.42 Å². The van der Waals surface area contributed by atoms with E-state index in [-0.39, 0.29) is 0 Å². The normalized spacial score (nSPS) is 11.5. The molecule has 0 radical (unpaired) electrons. The molecular formula is C19H18N2O2S. The van der Waals surface area contributed by atoms with E-state index >= 15 is 0 Å². The topological polar surface area (TPSA) is 59.9 Å². The first-order chi connectivity index (χ1) is 11.3. The van der Waals surface area contributed by atoms with E-state index in [1.54, 1.807) is 30.5 Å². The van der Waals surface area contributed by atoms with Crippen LogP contribution in [0.4, 0.5) is 0 Å². The molecule has 0 saturated carbocycles. The van der Waals surface area contributed by atoms with Crippen LogP contribution in [0.2, 0.25) is 0 Å². The Bertz CT molecular complexity index is 977. The first kappa shape index (κ1) is 16.3. The molecule has 3 aromatic rings. The second kappa shape index (κ2) is 6.17. The van der Waals surface area contributed by atoms with Crippen molar-refractivity contribution in [2.75, 3.05) is 6.26 Å². The Morgan fingerprint density at radius 3 is 1.92 bits per heavy atom. The minimum absolute atomic E-state index is 0.295. The Kier molecular flexibility index (Phi) is 4.20. The van der Waals surface area contributed by atoms with Crippen LogP contribution in [0.5, 0.6) is 0 Å². The first-order valence-corrected chi connectivity index (χ1v) is 9.45. The monoisotopic (exact) mass is 338 g/mol. The standard InChI is InChI=1S/C19H18N2O2S/c1-13-4-6-15(7-5-13)18-19(21-14(2)12-20-18)16-8-10-17(11-9-16)24(3,22)23/h4-12H,1-3H3. The van der Waals surface area contributed by atoms with Gasteiger partial charge in [-0.3, -0.25) is 4.98 Å². The molecule has 0 N–H and O–H groups in total. The molecule has 0 unspecified atom stereocenters. The Morgan fingerprint density at radius 1 is 0.792 bits per heavy atom. The lowest BCUT2D eigenvalue weighted by Crippen LogP contribution is -1.98. The zero-order valence-electron chi connectivity index (χ0n) is 13.8. The number of aryl methyl sites for hydroxylation is 2. The zero-order chi connectivity index (χ0) is 17.3. The highest BCUT2D eigenvalue weighted by atomic mass is 32.2. The fraction of sp³-hybridized carbons (Fsp3) is 0.158. The van der Waals surface area contributed by atoms with Gasteiger partial charge < -0.3 is 0 Å². The van der Waals surface area contributed by atoms with Crippen molar-refractivity contribution in [1.82, 2.24) is 9.97 Å². The minimum Gasteiger partial charge on any atom is -0.252 e. The summed E-state index contributed by atoms with van der Waals surface area (Å²) >= 11 is 0. The van der Waals surface area contributed by atoms with E-state index in [1.807, 2.05) is 38.1 Å². The molecule has 5 heteroatoms. The van der Waals surface area contributed by atoms with Gasteiger partial charge in [0.1, 0.15) is 0 Å². The summed E-state index contributed by atoms with van der Waals surface area (Å²) in [4.78, 5) is 9.46. The molecular weight excluding hydrogens is 320 g/mol. The van der Waals surface area contributed by atoms with Gasteiger partial charge in [-0.15, -0.1) is 0 Å². The molecule has 0 amide bonds. The van der Waals surface area contributed by atoms with E-state index < -0.39 is 9.84 Å². The molecule has 1 aromatic heterocycles. The predicted molar refractivity (Wildman–Crippen MR) is 95.5 cm³/mol. The predicted octanol–water partition coefficient (Wildman–Crippen LogP) is 3.83. The van der Waals surface area contributed by atoms with Crippen molar-refractivity contribution >= 4 is 9.84 Å². The molecule has 0 fully saturated rings. The van der Waals surface area contributed by atoms with Crippen LogP contribution in [-0.4, -0.2) is 24.6 Å². The molecule has 3 rings (SSSR count). The molecule has 4 nitrogen and oxygen atoms in total. The second-order valence-corrected chi connectivity index (χ2v) is 7.89. The van der Waals surface area contributed by atoms with E-state index in [4.69, 9.17) is 0 Å². The van der Waals surface area contributed by atoms with Gasteiger partial charge in [-0.1, -0.05) is 42.0 Å². The molecule has 24 heavy (non-hydrogen) atoms. The van der Waals surface area contributed by atoms with Gasteiger partial charge in [0.2, 0.25) is 0 Å². The lowest BCUT2D eigenvalue weighted by atomic mass is 10.0. The lowest BCUT2D eigenvalue weighted by Gasteiger charge is -2.10. The molecule has 0 atom stereocenters. The molecule has 0 aliphatic carbocycles. The molecule has 0 aliphatic heterocycles. The average molecular weight is 338 g/mol. The Morgan fingerprint density at radius 2 is 1.33 bits per heavy atom. The highest BCUT2D eigenvalue weighted by molar-refractivity contribution is 7.90. The number of benzene rings is 2. The molecule has 1 heterocycles. The first-order valence-electron chi connectivity index (χ1n) is 7.56. The zero-order valence-corrected chi connectivity index (χ0v) is 14.6. The van der Waals surface area contributed by atoms with Crippen LogP contribution in [0.15, 0.2) is 59.6 Å². The summed E-state index contributed by atoms with van der Waals surface area (Å²) in [6.07, 6.45) is 2.94. The van der Waals surface area contributed by atoms with Crippen LogP contribution < -0.4 is 0 Å². The third-order valence-electron chi connectivity index (χ3n) is 3.77. The van der Waals surface area contributed by atoms with Crippen LogP contribution in [0.3, 0.4) is 0 Å². The number of hydrogen-bond donors (Lipinski definition) is 0. The summed E-state index contributed by atoms with van der Waals surface area (Å²) in [6, 6.07) is 14.9. The van der Waals surface area contributed by atoms with Gasteiger partial charge in [-0.05, 0) is 26.0 Å². The fourth-order valence-electron chi connectivity index (χ4n) is 2.46. The summed E-state index contributed by atoms with van der Waals surface area (Å²) in [7, 11) is -3.21. The third-order valence-corrected chi connectivity index (χ3v) is 4.90. The molecule has 122 valence electrons. The van der Waals surface area contributed by atoms with Crippen LogP contribution in [0.1, 0.15) is 11.3 Å². The lowest BCUT2D eigenvalue weighted by molar-refractivity contribution is 0.602. The van der Waals surface area contributed by atoms with Gasteiger partial charge in [0.05, 0.1) is 22.0 Å². The fourth-order valence-corrected chi connectivity index (χ4v) is 3.09. The van der Waals surface area contributed by atoms with Gasteiger partial charge in [0.15, 0.2) is 9.84 Å². The molecule has 2 aromatic carbocycles. The van der Waals surface area contributed by atoms with E-state index in [9.17, 15) is 8.42 Å². The van der Waals surface area contributed by atoms with E-state index in [2.05, 4.69) is 9.97 Å². The number of rotatable bonds is 3. The number of nitrogens with zero attached hydrogens (tertiary/aromatic N) is 2. The summed E-state index contributed by atoms with van der Waals surface area (Å²) in [5.74, 6) is 0. The summed E-state index contributed by atoms with van der Waals surface area (Å²) in [5.41, 5.74) is 5.35. The molecule has 0 spiro atoms. The maximum atomic E-state index is 11.6. The highest BCUT2D eigenvalue weighted by Gasteiger charge is 2.13. The van der Waals surface area contributed by atoms with Gasteiger partial charge >= 0.3 is 0 Å². The Hall–Kier alpha value is -2.53. The number of aromatic nitrogens is 2. The van der Waals surface area contributed by atoms with Crippen LogP contribution in [-0.2, 0) is 9.84 Å². The van der Waals surface area contributed by atoms with Crippen molar-refractivity contribution in [3.63, 3.8) is 0 Å².